The van der Waals surface area contributed by atoms with Gasteiger partial charge in [-0.25, -0.2) is 0 Å². The molecule has 0 atom stereocenters. The van der Waals surface area contributed by atoms with E-state index >= 15 is 0 Å². The molecule has 0 radical (unpaired) electrons. The van der Waals surface area contributed by atoms with Gasteiger partial charge >= 0.3 is 6.18 Å². The van der Waals surface area contributed by atoms with E-state index < -0.39 is 24.5 Å². The molecule has 0 saturated carbocycles. The van der Waals surface area contributed by atoms with Gasteiger partial charge in [0, 0.05) is 28.6 Å². The molecule has 0 bridgehead atoms. The van der Waals surface area contributed by atoms with Crippen molar-refractivity contribution in [2.45, 2.75) is 13.1 Å². The molecule has 1 heterocycles. The number of hydrogen-bond acceptors (Lipinski definition) is 3. The van der Waals surface area contributed by atoms with Gasteiger partial charge in [0.05, 0.1) is 10.7 Å². The zero-order valence-corrected chi connectivity index (χ0v) is 17.0. The van der Waals surface area contributed by atoms with E-state index in [0.717, 1.165) is 0 Å². The molecule has 0 fully saturated rings. The molecule has 31 heavy (non-hydrogen) atoms. The Balaban J connectivity index is 1.76. The van der Waals surface area contributed by atoms with Crippen LogP contribution in [0.5, 0.6) is 0 Å². The van der Waals surface area contributed by atoms with Gasteiger partial charge in [0.2, 0.25) is 0 Å². The third-order valence-corrected chi connectivity index (χ3v) is 4.68. The van der Waals surface area contributed by atoms with Gasteiger partial charge in [-0.05, 0) is 61.0 Å². The summed E-state index contributed by atoms with van der Waals surface area (Å²) in [5, 5.41) is 5.03. The van der Waals surface area contributed by atoms with Crippen molar-refractivity contribution in [2.75, 3.05) is 11.9 Å². The number of alkyl halides is 3. The quantitative estimate of drug-likeness (QED) is 0.560. The topological polar surface area (TPSA) is 71.1 Å². The number of hydrogen-bond donors (Lipinski definition) is 2. The van der Waals surface area contributed by atoms with Crippen LogP contribution in [0.15, 0.2) is 60.8 Å². The van der Waals surface area contributed by atoms with E-state index in [2.05, 4.69) is 10.3 Å². The summed E-state index contributed by atoms with van der Waals surface area (Å²) in [5.74, 6) is -1.31. The Bertz CT molecular complexity index is 1120. The van der Waals surface area contributed by atoms with E-state index in [1.807, 2.05) is 6.07 Å². The van der Waals surface area contributed by atoms with Gasteiger partial charge in [0.15, 0.2) is 0 Å². The van der Waals surface area contributed by atoms with Crippen LogP contribution in [0.4, 0.5) is 18.9 Å². The lowest BCUT2D eigenvalue weighted by Crippen LogP contribution is -2.33. The second kappa shape index (κ2) is 9.18. The molecule has 2 amide bonds. The number of aromatic nitrogens is 1. The molecular formula is C22H17ClF3N3O2. The molecule has 160 valence electrons. The van der Waals surface area contributed by atoms with Gasteiger partial charge < -0.3 is 10.6 Å². The molecule has 0 saturated heterocycles. The predicted octanol–water partition coefficient (Wildman–Crippen LogP) is 5.25. The fourth-order valence-corrected chi connectivity index (χ4v) is 3.08. The fourth-order valence-electron chi connectivity index (χ4n) is 2.86. The second-order valence-corrected chi connectivity index (χ2v) is 7.10. The molecule has 9 heteroatoms. The van der Waals surface area contributed by atoms with E-state index in [0.29, 0.717) is 27.5 Å². The summed E-state index contributed by atoms with van der Waals surface area (Å²) < 4.78 is 36.8. The van der Waals surface area contributed by atoms with Crippen LogP contribution in [0, 0.1) is 6.92 Å². The molecule has 2 aromatic carbocycles. The van der Waals surface area contributed by atoms with Crippen molar-refractivity contribution < 1.29 is 22.8 Å². The zero-order chi connectivity index (χ0) is 22.6. The van der Waals surface area contributed by atoms with Crippen molar-refractivity contribution in [3.05, 3.63) is 82.5 Å². The maximum absolute atomic E-state index is 12.7. The minimum absolute atomic E-state index is 0.0298. The number of amides is 2. The summed E-state index contributed by atoms with van der Waals surface area (Å²) in [6.45, 7) is 0.166. The monoisotopic (exact) mass is 447 g/mol. The minimum Gasteiger partial charge on any atom is -0.343 e. The zero-order valence-electron chi connectivity index (χ0n) is 16.3. The van der Waals surface area contributed by atoms with Gasteiger partial charge in [0.1, 0.15) is 6.54 Å². The molecule has 1 aromatic heterocycles. The average molecular weight is 448 g/mol. The molecule has 5 nitrogen and oxygen atoms in total. The highest BCUT2D eigenvalue weighted by molar-refractivity contribution is 6.33. The lowest BCUT2D eigenvalue weighted by molar-refractivity contribution is -0.123. The molecule has 0 spiro atoms. The normalized spacial score (nSPS) is 11.1. The van der Waals surface area contributed by atoms with Crippen molar-refractivity contribution in [1.29, 1.82) is 0 Å². The first-order valence-electron chi connectivity index (χ1n) is 9.12. The third kappa shape index (κ3) is 5.82. The van der Waals surface area contributed by atoms with Crippen LogP contribution in [0.1, 0.15) is 26.3 Å². The Labute approximate surface area is 181 Å². The number of aryl methyl sites for hydroxylation is 1. The van der Waals surface area contributed by atoms with Crippen LogP contribution in [0.3, 0.4) is 0 Å². The Kier molecular flexibility index (Phi) is 6.60. The fraction of sp³-hybridized carbons (Fsp3) is 0.136. The average Bonchev–Trinajstić information content (AvgIpc) is 2.73. The van der Waals surface area contributed by atoms with Gasteiger partial charge in [-0.2, -0.15) is 13.2 Å². The van der Waals surface area contributed by atoms with Crippen molar-refractivity contribution in [1.82, 2.24) is 10.3 Å². The highest BCUT2D eigenvalue weighted by Crippen LogP contribution is 2.29. The number of nitrogens with one attached hydrogen (secondary N) is 2. The van der Waals surface area contributed by atoms with Crippen molar-refractivity contribution in [2.24, 2.45) is 0 Å². The smallest absolute Gasteiger partial charge is 0.343 e. The summed E-state index contributed by atoms with van der Waals surface area (Å²) in [4.78, 5) is 28.8. The Morgan fingerprint density at radius 2 is 1.81 bits per heavy atom. The standard InChI is InChI=1S/C22H17ClF3N3O2/c1-13-10-14(20(30)28-12-22(24,25)26)5-7-16(13)21(31)29-15-6-8-18(23)17(11-15)19-4-2-3-9-27-19/h2-11H,12H2,1H3,(H,28,30)(H,29,31). The lowest BCUT2D eigenvalue weighted by atomic mass is 10.0. The lowest BCUT2D eigenvalue weighted by Gasteiger charge is -2.12. The van der Waals surface area contributed by atoms with Crippen molar-refractivity contribution >= 4 is 29.1 Å². The number of carbonyl (C=O) groups excluding carboxylic acids is 2. The maximum atomic E-state index is 12.7. The number of rotatable bonds is 5. The summed E-state index contributed by atoms with van der Waals surface area (Å²) in [5.41, 5.74) is 2.53. The predicted molar refractivity (Wildman–Crippen MR) is 112 cm³/mol. The Morgan fingerprint density at radius 3 is 2.45 bits per heavy atom. The van der Waals surface area contributed by atoms with Crippen LogP contribution in [0.2, 0.25) is 5.02 Å². The van der Waals surface area contributed by atoms with E-state index in [1.54, 1.807) is 48.8 Å². The van der Waals surface area contributed by atoms with Crippen molar-refractivity contribution in [3.8, 4) is 11.3 Å². The summed E-state index contributed by atoms with van der Waals surface area (Å²) in [6, 6.07) is 14.4. The van der Waals surface area contributed by atoms with Gasteiger partial charge in [0.25, 0.3) is 11.8 Å². The van der Waals surface area contributed by atoms with Gasteiger partial charge in [-0.3, -0.25) is 14.6 Å². The first kappa shape index (κ1) is 22.3. The Morgan fingerprint density at radius 1 is 1.03 bits per heavy atom. The van der Waals surface area contributed by atoms with Gasteiger partial charge in [-0.1, -0.05) is 17.7 Å². The van der Waals surface area contributed by atoms with Crippen molar-refractivity contribution in [3.63, 3.8) is 0 Å². The van der Waals surface area contributed by atoms with Crippen LogP contribution in [0.25, 0.3) is 11.3 Å². The SMILES string of the molecule is Cc1cc(C(=O)NCC(F)(F)F)ccc1C(=O)Nc1ccc(Cl)c(-c2ccccn2)c1. The summed E-state index contributed by atoms with van der Waals surface area (Å²) >= 11 is 6.25. The number of anilines is 1. The Hall–Kier alpha value is -3.39. The number of nitrogens with zero attached hydrogens (tertiary/aromatic N) is 1. The molecule has 0 aliphatic rings. The highest BCUT2D eigenvalue weighted by atomic mass is 35.5. The van der Waals surface area contributed by atoms with Crippen LogP contribution < -0.4 is 10.6 Å². The number of carbonyl (C=O) groups is 2. The van der Waals surface area contributed by atoms with Crippen LogP contribution in [-0.4, -0.2) is 29.5 Å². The van der Waals surface area contributed by atoms with E-state index in [9.17, 15) is 22.8 Å². The van der Waals surface area contributed by atoms with Gasteiger partial charge in [-0.15, -0.1) is 0 Å². The number of pyridine rings is 1. The molecule has 0 unspecified atom stereocenters. The summed E-state index contributed by atoms with van der Waals surface area (Å²) in [6.07, 6.45) is -2.87. The highest BCUT2D eigenvalue weighted by Gasteiger charge is 2.28. The van der Waals surface area contributed by atoms with E-state index in [-0.39, 0.29) is 11.1 Å². The van der Waals surface area contributed by atoms with Crippen LogP contribution in [-0.2, 0) is 0 Å². The number of benzene rings is 2. The molecular weight excluding hydrogens is 431 g/mol. The molecule has 3 aromatic rings. The minimum atomic E-state index is -4.50. The van der Waals surface area contributed by atoms with E-state index in [1.165, 1.54) is 18.2 Å². The molecule has 0 aliphatic heterocycles. The molecule has 0 aliphatic carbocycles. The third-order valence-electron chi connectivity index (χ3n) is 4.35. The second-order valence-electron chi connectivity index (χ2n) is 6.69. The largest absolute Gasteiger partial charge is 0.405 e. The first-order valence-corrected chi connectivity index (χ1v) is 9.50. The van der Waals surface area contributed by atoms with E-state index in [4.69, 9.17) is 11.6 Å². The molecule has 3 rings (SSSR count). The van der Waals surface area contributed by atoms with Crippen LogP contribution >= 0.6 is 11.6 Å². The summed E-state index contributed by atoms with van der Waals surface area (Å²) in [7, 11) is 0. The maximum Gasteiger partial charge on any atom is 0.405 e. The number of halogens is 4. The first-order chi connectivity index (χ1) is 14.6. The molecule has 2 N–H and O–H groups in total.